The third kappa shape index (κ3) is 5.86. The minimum absolute atomic E-state index is 0.0545. The summed E-state index contributed by atoms with van der Waals surface area (Å²) >= 11 is 0.998. The Kier molecular flexibility index (Phi) is 8.23. The third-order valence-corrected chi connectivity index (χ3v) is 5.88. The maximum atomic E-state index is 13.9. The summed E-state index contributed by atoms with van der Waals surface area (Å²) in [5.74, 6) is -7.42. The first-order chi connectivity index (χ1) is 16.7. The Balaban J connectivity index is 1.74. The molecule has 2 N–H and O–H groups in total. The number of carbonyl (C=O) groups excluding carboxylic acids is 2. The Morgan fingerprint density at radius 2 is 1.43 bits per heavy atom. The zero-order valence-corrected chi connectivity index (χ0v) is 19.6. The zero-order valence-electron chi connectivity index (χ0n) is 18.7. The summed E-state index contributed by atoms with van der Waals surface area (Å²) in [5, 5.41) is 3.69. The van der Waals surface area contributed by atoms with E-state index in [0.717, 1.165) is 11.8 Å². The van der Waals surface area contributed by atoms with Crippen molar-refractivity contribution in [1.82, 2.24) is 0 Å². The Morgan fingerprint density at radius 3 is 2.00 bits per heavy atom. The summed E-state index contributed by atoms with van der Waals surface area (Å²) in [4.78, 5) is 25.8. The van der Waals surface area contributed by atoms with Crippen LogP contribution >= 0.6 is 11.8 Å². The second-order valence-corrected chi connectivity index (χ2v) is 8.53. The molecule has 11 heteroatoms. The number of amides is 2. The van der Waals surface area contributed by atoms with Crippen molar-refractivity contribution < 1.29 is 36.6 Å². The van der Waals surface area contributed by atoms with Crippen LogP contribution in [0, 0.1) is 23.3 Å². The normalized spacial score (nSPS) is 11.5. The second-order valence-electron chi connectivity index (χ2n) is 7.11. The van der Waals surface area contributed by atoms with Gasteiger partial charge in [0, 0.05) is 16.6 Å². The lowest BCUT2D eigenvalue weighted by atomic mass is 10.1. The summed E-state index contributed by atoms with van der Waals surface area (Å²) in [7, 11) is 2.84. The molecule has 1 unspecified atom stereocenters. The van der Waals surface area contributed by atoms with Gasteiger partial charge in [0.05, 0.1) is 19.5 Å². The molecule has 0 aliphatic carbocycles. The summed E-state index contributed by atoms with van der Waals surface area (Å²) in [6.07, 6.45) is 0. The Hall–Kier alpha value is -3.73. The molecule has 6 nitrogen and oxygen atoms in total. The topological polar surface area (TPSA) is 76.7 Å². The second kappa shape index (κ2) is 11.1. The predicted octanol–water partition coefficient (Wildman–Crippen LogP) is 5.63. The van der Waals surface area contributed by atoms with Crippen molar-refractivity contribution in [3.63, 3.8) is 0 Å². The van der Waals surface area contributed by atoms with Crippen molar-refractivity contribution in [2.45, 2.75) is 17.1 Å². The van der Waals surface area contributed by atoms with Gasteiger partial charge in [-0.15, -0.1) is 11.8 Å². The van der Waals surface area contributed by atoms with Gasteiger partial charge >= 0.3 is 0 Å². The van der Waals surface area contributed by atoms with Gasteiger partial charge in [-0.3, -0.25) is 9.59 Å². The van der Waals surface area contributed by atoms with E-state index < -0.39 is 46.0 Å². The van der Waals surface area contributed by atoms with Gasteiger partial charge in [0.15, 0.2) is 23.3 Å². The van der Waals surface area contributed by atoms with E-state index in [1.54, 1.807) is 42.5 Å². The van der Waals surface area contributed by atoms with Crippen LogP contribution in [0.15, 0.2) is 53.4 Å². The SMILES string of the molecule is COc1cccc(OC)c1C(=O)Nc1cccc(SC(C)C(=O)Nc2c(F)c(F)cc(F)c2F)c1. The lowest BCUT2D eigenvalue weighted by Crippen LogP contribution is -2.24. The lowest BCUT2D eigenvalue weighted by Gasteiger charge is -2.15. The predicted molar refractivity (Wildman–Crippen MR) is 124 cm³/mol. The smallest absolute Gasteiger partial charge is 0.263 e. The first-order valence-electron chi connectivity index (χ1n) is 10.1. The van der Waals surface area contributed by atoms with E-state index in [1.165, 1.54) is 21.1 Å². The number of anilines is 2. The van der Waals surface area contributed by atoms with Gasteiger partial charge in [0.1, 0.15) is 22.7 Å². The van der Waals surface area contributed by atoms with Gasteiger partial charge in [0.25, 0.3) is 5.91 Å². The zero-order chi connectivity index (χ0) is 25.7. The average molecular weight is 508 g/mol. The molecule has 0 saturated carbocycles. The first-order valence-corrected chi connectivity index (χ1v) is 11.0. The van der Waals surface area contributed by atoms with Gasteiger partial charge in [-0.1, -0.05) is 12.1 Å². The first kappa shape index (κ1) is 25.9. The number of benzene rings is 3. The molecule has 0 fully saturated rings. The van der Waals surface area contributed by atoms with Gasteiger partial charge < -0.3 is 20.1 Å². The third-order valence-electron chi connectivity index (χ3n) is 4.79. The molecule has 0 bridgehead atoms. The molecule has 0 aromatic heterocycles. The van der Waals surface area contributed by atoms with Crippen LogP contribution in [-0.4, -0.2) is 31.3 Å². The van der Waals surface area contributed by atoms with E-state index in [2.05, 4.69) is 5.32 Å². The van der Waals surface area contributed by atoms with E-state index in [1.807, 2.05) is 5.32 Å². The van der Waals surface area contributed by atoms with Crippen molar-refractivity contribution in [2.24, 2.45) is 0 Å². The fraction of sp³-hybridized carbons (Fsp3) is 0.167. The maximum absolute atomic E-state index is 13.9. The van der Waals surface area contributed by atoms with Crippen LogP contribution < -0.4 is 20.1 Å². The Labute approximate surface area is 202 Å². The molecule has 0 radical (unpaired) electrons. The highest BCUT2D eigenvalue weighted by molar-refractivity contribution is 8.00. The average Bonchev–Trinajstić information content (AvgIpc) is 2.84. The van der Waals surface area contributed by atoms with Gasteiger partial charge in [0.2, 0.25) is 5.91 Å². The Morgan fingerprint density at radius 1 is 0.857 bits per heavy atom. The molecule has 3 rings (SSSR count). The van der Waals surface area contributed by atoms with E-state index >= 15 is 0 Å². The van der Waals surface area contributed by atoms with Crippen molar-refractivity contribution >= 4 is 35.0 Å². The minimum Gasteiger partial charge on any atom is -0.496 e. The van der Waals surface area contributed by atoms with Crippen LogP contribution in [0.2, 0.25) is 0 Å². The summed E-state index contributed by atoms with van der Waals surface area (Å²) < 4.78 is 65.0. The van der Waals surface area contributed by atoms with E-state index in [0.29, 0.717) is 22.1 Å². The monoisotopic (exact) mass is 508 g/mol. The fourth-order valence-electron chi connectivity index (χ4n) is 3.08. The van der Waals surface area contributed by atoms with Crippen LogP contribution in [0.5, 0.6) is 11.5 Å². The van der Waals surface area contributed by atoms with Crippen molar-refractivity contribution in [3.8, 4) is 11.5 Å². The van der Waals surface area contributed by atoms with Crippen molar-refractivity contribution in [2.75, 3.05) is 24.9 Å². The van der Waals surface area contributed by atoms with Crippen molar-refractivity contribution in [3.05, 3.63) is 77.4 Å². The number of carbonyl (C=O) groups is 2. The van der Waals surface area contributed by atoms with Gasteiger partial charge in [-0.05, 0) is 37.3 Å². The number of methoxy groups -OCH3 is 2. The molecule has 35 heavy (non-hydrogen) atoms. The van der Waals surface area contributed by atoms with Crippen LogP contribution in [0.4, 0.5) is 28.9 Å². The summed E-state index contributed by atoms with van der Waals surface area (Å²) in [5.41, 5.74) is -0.619. The molecule has 0 heterocycles. The van der Waals surface area contributed by atoms with Crippen LogP contribution in [0.3, 0.4) is 0 Å². The van der Waals surface area contributed by atoms with Gasteiger partial charge in [-0.25, -0.2) is 17.6 Å². The van der Waals surface area contributed by atoms with Crippen LogP contribution in [0.1, 0.15) is 17.3 Å². The number of thioether (sulfide) groups is 1. The van der Waals surface area contributed by atoms with Gasteiger partial charge in [-0.2, -0.15) is 0 Å². The lowest BCUT2D eigenvalue weighted by molar-refractivity contribution is -0.115. The van der Waals surface area contributed by atoms with E-state index in [9.17, 15) is 27.2 Å². The highest BCUT2D eigenvalue weighted by atomic mass is 32.2. The molecule has 0 aliphatic heterocycles. The summed E-state index contributed by atoms with van der Waals surface area (Å²) in [6, 6.07) is 11.4. The molecule has 3 aromatic rings. The highest BCUT2D eigenvalue weighted by Gasteiger charge is 2.24. The number of hydrogen-bond acceptors (Lipinski definition) is 5. The molecule has 184 valence electrons. The molecule has 2 amide bonds. The van der Waals surface area contributed by atoms with Crippen LogP contribution in [0.25, 0.3) is 0 Å². The Bertz CT molecular complexity index is 1220. The molecule has 0 saturated heterocycles. The minimum atomic E-state index is -1.70. The number of hydrogen-bond donors (Lipinski definition) is 2. The fourth-order valence-corrected chi connectivity index (χ4v) is 4.01. The van der Waals surface area contributed by atoms with E-state index in [-0.39, 0.29) is 11.6 Å². The molecular formula is C24H20F4N2O4S. The molecule has 3 aromatic carbocycles. The number of rotatable bonds is 8. The highest BCUT2D eigenvalue weighted by Crippen LogP contribution is 2.31. The molecular weight excluding hydrogens is 488 g/mol. The summed E-state index contributed by atoms with van der Waals surface area (Å²) in [6.45, 7) is 1.44. The largest absolute Gasteiger partial charge is 0.496 e. The molecule has 1 atom stereocenters. The number of ether oxygens (including phenoxy) is 2. The quantitative estimate of drug-likeness (QED) is 0.234. The maximum Gasteiger partial charge on any atom is 0.263 e. The molecule has 0 spiro atoms. The standard InChI is InChI=1S/C24H20F4N2O4S/c1-12(23(31)30-22-20(27)15(25)11-16(26)21(22)28)35-14-7-4-6-13(10-14)29-24(32)19-17(33-2)8-5-9-18(19)34-3/h4-12H,1-3H3,(H,29,32)(H,30,31). The van der Waals surface area contributed by atoms with Crippen LogP contribution in [-0.2, 0) is 4.79 Å². The number of halogens is 4. The van der Waals surface area contributed by atoms with Crippen molar-refractivity contribution in [1.29, 1.82) is 0 Å². The van der Waals surface area contributed by atoms with E-state index in [4.69, 9.17) is 9.47 Å². The molecule has 0 aliphatic rings. The number of nitrogens with one attached hydrogen (secondary N) is 2.